The maximum Gasteiger partial charge on any atom is 0.129 e. The third kappa shape index (κ3) is 3.45. The van der Waals surface area contributed by atoms with Crippen LogP contribution in [0.3, 0.4) is 0 Å². The summed E-state index contributed by atoms with van der Waals surface area (Å²) in [6, 6.07) is 13.6. The highest BCUT2D eigenvalue weighted by atomic mass is 32.1. The maximum atomic E-state index is 5.60. The number of ether oxygens (including phenoxy) is 1. The number of rotatable bonds is 5. The minimum absolute atomic E-state index is 0.310. The second kappa shape index (κ2) is 6.34. The Hall–Kier alpha value is -2.14. The highest BCUT2D eigenvalue weighted by molar-refractivity contribution is 7.80. The van der Waals surface area contributed by atoms with Crippen LogP contribution in [0.15, 0.2) is 42.5 Å². The maximum absolute atomic E-state index is 5.60. The summed E-state index contributed by atoms with van der Waals surface area (Å²) in [6.07, 6.45) is 0. The number of thiocarbonyl (C=S) groups is 1. The molecule has 2 rings (SSSR count). The van der Waals surface area contributed by atoms with Crippen molar-refractivity contribution in [3.8, 4) is 5.75 Å². The first-order valence-corrected chi connectivity index (χ1v) is 6.62. The smallest absolute Gasteiger partial charge is 0.129 e. The fourth-order valence-corrected chi connectivity index (χ4v) is 1.97. The number of nitrogens with zero attached hydrogens (tertiary/aromatic N) is 2. The molecule has 0 radical (unpaired) electrons. The average molecular weight is 287 g/mol. The molecule has 4 nitrogen and oxygen atoms in total. The van der Waals surface area contributed by atoms with Gasteiger partial charge in [-0.1, -0.05) is 30.4 Å². The molecular formula is C15H17N3OS. The fourth-order valence-electron chi connectivity index (χ4n) is 1.86. The van der Waals surface area contributed by atoms with Gasteiger partial charge in [0, 0.05) is 13.6 Å². The summed E-state index contributed by atoms with van der Waals surface area (Å²) in [5, 5.41) is 0. The Kier molecular flexibility index (Phi) is 4.53. The first kappa shape index (κ1) is 14.3. The molecule has 0 saturated heterocycles. The zero-order chi connectivity index (χ0) is 14.5. The van der Waals surface area contributed by atoms with Crippen LogP contribution in [-0.4, -0.2) is 24.1 Å². The number of methoxy groups -OCH3 is 1. The molecule has 0 fully saturated rings. The fraction of sp³-hybridized carbons (Fsp3) is 0.200. The minimum Gasteiger partial charge on any atom is -0.497 e. The van der Waals surface area contributed by atoms with E-state index < -0.39 is 0 Å². The largest absolute Gasteiger partial charge is 0.497 e. The molecule has 0 saturated carbocycles. The van der Waals surface area contributed by atoms with E-state index in [1.807, 2.05) is 54.4 Å². The Bertz CT molecular complexity index is 598. The Labute approximate surface area is 124 Å². The van der Waals surface area contributed by atoms with Crippen LogP contribution < -0.4 is 15.4 Å². The van der Waals surface area contributed by atoms with Crippen LogP contribution in [0.5, 0.6) is 5.75 Å². The standard InChI is InChI=1S/C15H17N3OS/c1-18(10-11-6-8-12(19-2)9-7-11)14-5-3-4-13(17-14)15(16)20/h3-9H,10H2,1-2H3,(H2,16,20). The summed E-state index contributed by atoms with van der Waals surface area (Å²) < 4.78 is 5.15. The van der Waals surface area contributed by atoms with Crippen molar-refractivity contribution in [1.29, 1.82) is 0 Å². The summed E-state index contributed by atoms with van der Waals surface area (Å²) >= 11 is 4.95. The molecule has 2 N–H and O–H groups in total. The number of nitrogens with two attached hydrogens (primary N) is 1. The normalized spacial score (nSPS) is 10.1. The number of benzene rings is 1. The van der Waals surface area contributed by atoms with Crippen molar-refractivity contribution in [1.82, 2.24) is 4.98 Å². The number of pyridine rings is 1. The van der Waals surface area contributed by atoms with Crippen LogP contribution in [0.2, 0.25) is 0 Å². The Balaban J connectivity index is 2.12. The van der Waals surface area contributed by atoms with Gasteiger partial charge in [0.2, 0.25) is 0 Å². The van der Waals surface area contributed by atoms with Crippen molar-refractivity contribution in [2.45, 2.75) is 6.54 Å². The highest BCUT2D eigenvalue weighted by Crippen LogP contribution is 2.16. The summed E-state index contributed by atoms with van der Waals surface area (Å²) in [6.45, 7) is 0.748. The van der Waals surface area contributed by atoms with E-state index in [0.717, 1.165) is 18.1 Å². The first-order chi connectivity index (χ1) is 9.60. The number of hydrogen-bond acceptors (Lipinski definition) is 4. The van der Waals surface area contributed by atoms with Gasteiger partial charge in [-0.25, -0.2) is 4.98 Å². The summed E-state index contributed by atoms with van der Waals surface area (Å²) in [7, 11) is 3.64. The van der Waals surface area contributed by atoms with Gasteiger partial charge in [0.05, 0.1) is 12.8 Å². The van der Waals surface area contributed by atoms with Crippen molar-refractivity contribution in [2.24, 2.45) is 5.73 Å². The Morgan fingerprint density at radius 2 is 1.95 bits per heavy atom. The SMILES string of the molecule is COc1ccc(CN(C)c2cccc(C(N)=S)n2)cc1. The molecule has 0 amide bonds. The average Bonchev–Trinajstić information content (AvgIpc) is 2.48. The molecule has 1 aromatic carbocycles. The molecule has 0 aliphatic carbocycles. The highest BCUT2D eigenvalue weighted by Gasteiger charge is 2.06. The summed E-state index contributed by atoms with van der Waals surface area (Å²) in [4.78, 5) is 6.79. The predicted molar refractivity (Wildman–Crippen MR) is 85.2 cm³/mol. The van der Waals surface area contributed by atoms with Gasteiger partial charge < -0.3 is 15.4 Å². The summed E-state index contributed by atoms with van der Waals surface area (Å²) in [5.74, 6) is 1.69. The van der Waals surface area contributed by atoms with Gasteiger partial charge in [-0.2, -0.15) is 0 Å². The number of aromatic nitrogens is 1. The van der Waals surface area contributed by atoms with Crippen molar-refractivity contribution in [2.75, 3.05) is 19.1 Å². The first-order valence-electron chi connectivity index (χ1n) is 6.21. The quantitative estimate of drug-likeness (QED) is 0.856. The minimum atomic E-state index is 0.310. The van der Waals surface area contributed by atoms with Crippen molar-refractivity contribution < 1.29 is 4.74 Å². The van der Waals surface area contributed by atoms with Crippen molar-refractivity contribution in [3.05, 3.63) is 53.7 Å². The van der Waals surface area contributed by atoms with E-state index in [1.165, 1.54) is 5.56 Å². The third-order valence-electron chi connectivity index (χ3n) is 2.96. The van der Waals surface area contributed by atoms with E-state index in [0.29, 0.717) is 10.7 Å². The molecule has 0 bridgehead atoms. The van der Waals surface area contributed by atoms with Crippen molar-refractivity contribution in [3.63, 3.8) is 0 Å². The van der Waals surface area contributed by atoms with Gasteiger partial charge >= 0.3 is 0 Å². The molecule has 2 aromatic rings. The second-order valence-corrected chi connectivity index (χ2v) is 4.89. The molecule has 5 heteroatoms. The monoisotopic (exact) mass is 287 g/mol. The van der Waals surface area contributed by atoms with Crippen molar-refractivity contribution >= 4 is 23.0 Å². The van der Waals surface area contributed by atoms with Crippen LogP contribution in [0.4, 0.5) is 5.82 Å². The Morgan fingerprint density at radius 1 is 1.25 bits per heavy atom. The van der Waals surface area contributed by atoms with E-state index in [1.54, 1.807) is 7.11 Å². The zero-order valence-corrected chi connectivity index (χ0v) is 12.4. The van der Waals surface area contributed by atoms with E-state index in [4.69, 9.17) is 22.7 Å². The molecule has 0 aliphatic rings. The van der Waals surface area contributed by atoms with Gasteiger partial charge in [-0.15, -0.1) is 0 Å². The zero-order valence-electron chi connectivity index (χ0n) is 11.5. The topological polar surface area (TPSA) is 51.4 Å². The van der Waals surface area contributed by atoms with Crippen LogP contribution in [-0.2, 0) is 6.54 Å². The molecule has 20 heavy (non-hydrogen) atoms. The lowest BCUT2D eigenvalue weighted by molar-refractivity contribution is 0.414. The van der Waals surface area contributed by atoms with Gasteiger partial charge in [0.25, 0.3) is 0 Å². The van der Waals surface area contributed by atoms with Gasteiger partial charge in [-0.3, -0.25) is 0 Å². The molecule has 1 heterocycles. The van der Waals surface area contributed by atoms with Crippen LogP contribution >= 0.6 is 12.2 Å². The molecule has 0 atom stereocenters. The van der Waals surface area contributed by atoms with E-state index in [9.17, 15) is 0 Å². The Morgan fingerprint density at radius 3 is 2.55 bits per heavy atom. The number of anilines is 1. The van der Waals surface area contributed by atoms with Gasteiger partial charge in [-0.05, 0) is 29.8 Å². The van der Waals surface area contributed by atoms with Crippen LogP contribution in [0.25, 0.3) is 0 Å². The van der Waals surface area contributed by atoms with Gasteiger partial charge in [0.15, 0.2) is 0 Å². The van der Waals surface area contributed by atoms with E-state index >= 15 is 0 Å². The molecule has 1 aromatic heterocycles. The molecule has 0 spiro atoms. The second-order valence-electron chi connectivity index (χ2n) is 4.45. The molecule has 0 aliphatic heterocycles. The molecular weight excluding hydrogens is 270 g/mol. The summed E-state index contributed by atoms with van der Waals surface area (Å²) in [5.41, 5.74) is 7.42. The lowest BCUT2D eigenvalue weighted by Gasteiger charge is -2.19. The van der Waals surface area contributed by atoms with Crippen LogP contribution in [0, 0.1) is 0 Å². The lowest BCUT2D eigenvalue weighted by Crippen LogP contribution is -2.20. The van der Waals surface area contributed by atoms with E-state index in [2.05, 4.69) is 4.98 Å². The lowest BCUT2D eigenvalue weighted by atomic mass is 10.2. The third-order valence-corrected chi connectivity index (χ3v) is 3.17. The molecule has 0 unspecified atom stereocenters. The van der Waals surface area contributed by atoms with E-state index in [-0.39, 0.29) is 0 Å². The van der Waals surface area contributed by atoms with Gasteiger partial charge in [0.1, 0.15) is 16.6 Å². The number of hydrogen-bond donors (Lipinski definition) is 1. The van der Waals surface area contributed by atoms with Crippen LogP contribution in [0.1, 0.15) is 11.3 Å². The predicted octanol–water partition coefficient (Wildman–Crippen LogP) is 2.36. The molecule has 104 valence electrons.